The van der Waals surface area contributed by atoms with Gasteiger partial charge in [0.1, 0.15) is 11.5 Å². The third-order valence-electron chi connectivity index (χ3n) is 8.15. The Morgan fingerprint density at radius 3 is 2.28 bits per heavy atom. The molecule has 2 N–H and O–H groups in total. The number of likely N-dealkylation sites (N-methyl/N-ethyl adjacent to an activating group) is 1. The van der Waals surface area contributed by atoms with Crippen LogP contribution in [0.4, 0.5) is 29.2 Å². The first-order valence-electron chi connectivity index (χ1n) is 13.9. The Balaban J connectivity index is 1.69. The number of benzene rings is 1. The fourth-order valence-electron chi connectivity index (χ4n) is 5.65. The number of carbonyl (C=O) groups excluding carboxylic acids is 1. The van der Waals surface area contributed by atoms with Crippen LogP contribution >= 0.6 is 0 Å². The number of hydrogen-bond acceptors (Lipinski definition) is 8. The Morgan fingerprint density at radius 2 is 1.70 bits per heavy atom. The number of primary amides is 1. The second-order valence-corrected chi connectivity index (χ2v) is 11.1. The molecule has 3 aromatic rings. The van der Waals surface area contributed by atoms with Crippen molar-refractivity contribution >= 4 is 17.5 Å². The molecule has 2 aliphatic rings. The van der Waals surface area contributed by atoms with Gasteiger partial charge in [-0.15, -0.1) is 0 Å². The number of carbonyl (C=O) groups is 1. The van der Waals surface area contributed by atoms with Gasteiger partial charge in [0.2, 0.25) is 5.95 Å². The molecule has 14 heteroatoms. The van der Waals surface area contributed by atoms with Crippen LogP contribution in [-0.2, 0) is 4.74 Å². The predicted octanol–water partition coefficient (Wildman–Crippen LogP) is 3.36. The molecule has 230 valence electrons. The van der Waals surface area contributed by atoms with Crippen LogP contribution in [0.5, 0.6) is 0 Å². The van der Waals surface area contributed by atoms with Crippen LogP contribution in [0, 0.1) is 11.6 Å². The van der Waals surface area contributed by atoms with Crippen molar-refractivity contribution < 1.29 is 27.1 Å². The van der Waals surface area contributed by atoms with Gasteiger partial charge < -0.3 is 20.3 Å². The van der Waals surface area contributed by atoms with E-state index in [2.05, 4.69) is 14.9 Å². The molecule has 2 aliphatic heterocycles. The van der Waals surface area contributed by atoms with Crippen LogP contribution in [0.1, 0.15) is 43.1 Å². The van der Waals surface area contributed by atoms with Crippen molar-refractivity contribution in [2.45, 2.75) is 45.4 Å². The lowest BCUT2D eigenvalue weighted by Gasteiger charge is -2.44. The number of nitrogens with two attached hydrogens (primary N) is 1. The molecule has 1 amide bonds. The lowest BCUT2D eigenvalue weighted by atomic mass is 10.0. The molecule has 0 unspecified atom stereocenters. The molecular weight excluding hydrogens is 570 g/mol. The summed E-state index contributed by atoms with van der Waals surface area (Å²) < 4.78 is 66.2. The molecule has 3 atom stereocenters. The van der Waals surface area contributed by atoms with Crippen LogP contribution < -0.4 is 21.1 Å². The second kappa shape index (κ2) is 11.9. The highest BCUT2D eigenvalue weighted by Crippen LogP contribution is 2.38. The molecule has 1 aromatic carbocycles. The number of amides is 1. The van der Waals surface area contributed by atoms with E-state index in [1.807, 2.05) is 32.7 Å². The van der Waals surface area contributed by atoms with Crippen LogP contribution in [-0.4, -0.2) is 83.4 Å². The van der Waals surface area contributed by atoms with E-state index in [0.29, 0.717) is 44.8 Å². The lowest BCUT2D eigenvalue weighted by molar-refractivity contribution is 0.0526. The number of pyridine rings is 1. The normalized spacial score (nSPS) is 21.5. The molecule has 10 nitrogen and oxygen atoms in total. The first kappa shape index (κ1) is 30.4. The van der Waals surface area contributed by atoms with Crippen LogP contribution in [0.3, 0.4) is 0 Å². The second-order valence-electron chi connectivity index (χ2n) is 11.1. The maximum absolute atomic E-state index is 16.7. The molecule has 4 heterocycles. The zero-order valence-electron chi connectivity index (χ0n) is 24.2. The van der Waals surface area contributed by atoms with Crippen molar-refractivity contribution in [2.24, 2.45) is 5.73 Å². The minimum Gasteiger partial charge on any atom is -0.375 e. The van der Waals surface area contributed by atoms with E-state index >= 15 is 8.78 Å². The van der Waals surface area contributed by atoms with Crippen molar-refractivity contribution in [2.75, 3.05) is 49.6 Å². The van der Waals surface area contributed by atoms with E-state index in [1.165, 1.54) is 12.4 Å². The summed E-state index contributed by atoms with van der Waals surface area (Å²) in [7, 11) is 1.94. The molecule has 2 aromatic heterocycles. The molecule has 43 heavy (non-hydrogen) atoms. The molecule has 0 radical (unpaired) electrons. The van der Waals surface area contributed by atoms with Crippen molar-refractivity contribution in [3.05, 3.63) is 63.8 Å². The zero-order valence-corrected chi connectivity index (χ0v) is 24.2. The van der Waals surface area contributed by atoms with Gasteiger partial charge in [-0.05, 0) is 27.8 Å². The van der Waals surface area contributed by atoms with Crippen molar-refractivity contribution in [3.63, 3.8) is 0 Å². The van der Waals surface area contributed by atoms with E-state index in [4.69, 9.17) is 10.5 Å². The highest BCUT2D eigenvalue weighted by molar-refractivity contribution is 5.94. The van der Waals surface area contributed by atoms with E-state index < -0.39 is 51.9 Å². The fourth-order valence-corrected chi connectivity index (χ4v) is 5.65. The summed E-state index contributed by atoms with van der Waals surface area (Å²) in [6.45, 7) is 8.10. The number of piperazine rings is 1. The molecule has 2 fully saturated rings. The van der Waals surface area contributed by atoms with Crippen molar-refractivity contribution in [1.82, 2.24) is 19.4 Å². The number of hydrogen-bond donors (Lipinski definition) is 1. The number of ether oxygens (including phenoxy) is 1. The topological polar surface area (TPSA) is 110 Å². The molecule has 5 rings (SSSR count). The Hall–Kier alpha value is -4.04. The predicted molar refractivity (Wildman–Crippen MR) is 153 cm³/mol. The Labute approximate surface area is 245 Å². The minimum atomic E-state index is -3.18. The summed E-state index contributed by atoms with van der Waals surface area (Å²) in [5, 5.41) is 0. The highest BCUT2D eigenvalue weighted by atomic mass is 19.3. The number of aromatic nitrogens is 3. The quantitative estimate of drug-likeness (QED) is 0.428. The molecule has 2 saturated heterocycles. The summed E-state index contributed by atoms with van der Waals surface area (Å²) in [6.07, 6.45) is 0.137. The van der Waals surface area contributed by atoms with Gasteiger partial charge in [0.15, 0.2) is 5.82 Å². The smallest absolute Gasteiger partial charge is 0.264 e. The molecule has 0 bridgehead atoms. The van der Waals surface area contributed by atoms with Gasteiger partial charge in [0.05, 0.1) is 29.5 Å². The monoisotopic (exact) mass is 603 g/mol. The highest BCUT2D eigenvalue weighted by Gasteiger charge is 2.32. The first-order chi connectivity index (χ1) is 20.4. The van der Waals surface area contributed by atoms with Gasteiger partial charge in [-0.25, -0.2) is 27.5 Å². The standard InChI is InChI=1S/C29H33F4N7O3/c1-15-11-39(12-16(2)37(15)4)22-8-21(30)24(18-9-35-29(36-10-18)38-5-6-43-17(3)13-38)25(31)26(22)40-14-20(28(34)42)19(27(32)33)7-23(40)41/h7-10,14-17,27H,5-6,11-13H2,1-4H3,(H2,34,42)/t15-,16+,17-/m1/s1. The average Bonchev–Trinajstić information content (AvgIpc) is 2.95. The summed E-state index contributed by atoms with van der Waals surface area (Å²) in [5.74, 6) is -2.94. The van der Waals surface area contributed by atoms with Crippen molar-refractivity contribution in [1.29, 1.82) is 0 Å². The third kappa shape index (κ3) is 5.80. The number of rotatable bonds is 6. The molecular formula is C29H33F4N7O3. The number of anilines is 2. The zero-order chi connectivity index (χ0) is 31.2. The van der Waals surface area contributed by atoms with Gasteiger partial charge >= 0.3 is 0 Å². The SMILES string of the molecule is C[C@@H]1CN(c2ncc(-c3c(F)cc(N4C[C@@H](C)N(C)[C@@H](C)C4)c(-n4cc(C(N)=O)c(C(F)F)cc4=O)c3F)cn2)CCO1. The van der Waals surface area contributed by atoms with Gasteiger partial charge in [0, 0.05) is 80.1 Å². The Morgan fingerprint density at radius 1 is 1.05 bits per heavy atom. The number of alkyl halides is 2. The lowest BCUT2D eigenvalue weighted by Crippen LogP contribution is -2.55. The van der Waals surface area contributed by atoms with Gasteiger partial charge in [-0.3, -0.25) is 19.1 Å². The first-order valence-corrected chi connectivity index (χ1v) is 13.9. The summed E-state index contributed by atoms with van der Waals surface area (Å²) >= 11 is 0. The Bertz CT molecular complexity index is 1570. The van der Waals surface area contributed by atoms with Gasteiger partial charge in [0.25, 0.3) is 17.9 Å². The van der Waals surface area contributed by atoms with Crippen LogP contribution in [0.25, 0.3) is 16.8 Å². The fraction of sp³-hybridized carbons (Fsp3) is 0.448. The average molecular weight is 604 g/mol. The van der Waals surface area contributed by atoms with Crippen LogP contribution in [0.2, 0.25) is 0 Å². The van der Waals surface area contributed by atoms with E-state index in [1.54, 1.807) is 4.90 Å². The molecule has 0 aliphatic carbocycles. The largest absolute Gasteiger partial charge is 0.375 e. The molecule has 0 saturated carbocycles. The van der Waals surface area contributed by atoms with E-state index in [-0.39, 0.29) is 29.4 Å². The maximum Gasteiger partial charge on any atom is 0.264 e. The third-order valence-corrected chi connectivity index (χ3v) is 8.15. The maximum atomic E-state index is 16.7. The number of halogens is 4. The van der Waals surface area contributed by atoms with Crippen molar-refractivity contribution in [3.8, 4) is 16.8 Å². The van der Waals surface area contributed by atoms with E-state index in [9.17, 15) is 18.4 Å². The summed E-state index contributed by atoms with van der Waals surface area (Å²) in [5.41, 5.74) is 1.90. The van der Waals surface area contributed by atoms with Gasteiger partial charge in [-0.2, -0.15) is 0 Å². The summed E-state index contributed by atoms with van der Waals surface area (Å²) in [6, 6.07) is 1.61. The van der Waals surface area contributed by atoms with E-state index in [0.717, 1.165) is 16.8 Å². The summed E-state index contributed by atoms with van der Waals surface area (Å²) in [4.78, 5) is 39.7. The Kier molecular flexibility index (Phi) is 8.43. The van der Waals surface area contributed by atoms with Gasteiger partial charge in [-0.1, -0.05) is 0 Å². The molecule has 0 spiro atoms. The number of nitrogens with zero attached hydrogens (tertiary/aromatic N) is 6. The number of morpholine rings is 1. The minimum absolute atomic E-state index is 0.000320. The van der Waals surface area contributed by atoms with Crippen LogP contribution in [0.15, 0.2) is 35.5 Å².